The fourth-order valence-corrected chi connectivity index (χ4v) is 7.16. The summed E-state index contributed by atoms with van der Waals surface area (Å²) in [6.07, 6.45) is -5.57. The minimum Gasteiger partial charge on any atom is -0.488 e. The average molecular weight is 772 g/mol. The summed E-state index contributed by atoms with van der Waals surface area (Å²) in [5, 5.41) is 4.25. The van der Waals surface area contributed by atoms with Crippen LogP contribution < -0.4 is 20.1 Å². The van der Waals surface area contributed by atoms with Crippen LogP contribution in [0, 0.1) is 11.2 Å². The van der Waals surface area contributed by atoms with E-state index in [-0.39, 0.29) is 23.7 Å². The molecule has 0 unspecified atom stereocenters. The molecular formula is C35H45F4N5O8S. The lowest BCUT2D eigenvalue weighted by atomic mass is 9.85. The third-order valence-corrected chi connectivity index (χ3v) is 10.4. The maximum atomic E-state index is 14.4. The topological polar surface area (TPSA) is 173 Å². The van der Waals surface area contributed by atoms with E-state index in [0.29, 0.717) is 18.9 Å². The molecule has 18 heteroatoms. The van der Waals surface area contributed by atoms with E-state index in [1.54, 1.807) is 41.5 Å². The van der Waals surface area contributed by atoms with Gasteiger partial charge < -0.3 is 25.0 Å². The lowest BCUT2D eigenvalue weighted by molar-refractivity contribution is -0.143. The number of hydrogen-bond donors (Lipinski definition) is 3. The van der Waals surface area contributed by atoms with Crippen molar-refractivity contribution in [2.75, 3.05) is 6.54 Å². The van der Waals surface area contributed by atoms with Gasteiger partial charge in [0.2, 0.25) is 21.8 Å². The van der Waals surface area contributed by atoms with Gasteiger partial charge in [0.05, 0.1) is 17.3 Å². The molecule has 2 heterocycles. The molecule has 1 aromatic heterocycles. The first-order valence-corrected chi connectivity index (χ1v) is 18.4. The van der Waals surface area contributed by atoms with E-state index in [1.807, 2.05) is 4.72 Å². The second kappa shape index (κ2) is 14.7. The quantitative estimate of drug-likeness (QED) is 0.216. The van der Waals surface area contributed by atoms with Crippen LogP contribution >= 0.6 is 0 Å². The number of alkyl halides is 3. The molecule has 2 fully saturated rings. The molecule has 1 aliphatic carbocycles. The minimum absolute atomic E-state index is 0.102. The van der Waals surface area contributed by atoms with E-state index in [4.69, 9.17) is 9.47 Å². The highest BCUT2D eigenvalue weighted by atomic mass is 32.2. The number of sulfonamides is 1. The van der Waals surface area contributed by atoms with Crippen molar-refractivity contribution in [3.63, 3.8) is 0 Å². The van der Waals surface area contributed by atoms with E-state index in [1.165, 1.54) is 13.0 Å². The van der Waals surface area contributed by atoms with E-state index < -0.39 is 104 Å². The van der Waals surface area contributed by atoms with Gasteiger partial charge in [0.1, 0.15) is 46.6 Å². The minimum atomic E-state index is -4.91. The van der Waals surface area contributed by atoms with Crippen molar-refractivity contribution >= 4 is 44.7 Å². The number of alkyl carbamates (subject to hydrolysis) is 1. The number of rotatable bonds is 11. The SMILES string of the molecule is C=CC[C@@](C)(NC(=O)[C@@H]1C[C@@H](Oc2cc(C(F)(F)F)nc3ccc(F)cc23)CN1C(=O)[C@@H](NC(=O)OC(C)(C)C)C(C)(C)C)C(=O)NS(=O)(=O)C1CC1. The Bertz CT molecular complexity index is 1890. The molecule has 3 N–H and O–H groups in total. The smallest absolute Gasteiger partial charge is 0.433 e. The Kier molecular flexibility index (Phi) is 11.5. The fraction of sp³-hybridized carbons (Fsp3) is 0.571. The Morgan fingerprint density at radius 2 is 1.70 bits per heavy atom. The van der Waals surface area contributed by atoms with Crippen LogP contribution in [0.4, 0.5) is 22.4 Å². The maximum absolute atomic E-state index is 14.4. The number of fused-ring (bicyclic) bond motifs is 1. The van der Waals surface area contributed by atoms with Crippen molar-refractivity contribution < 1.29 is 54.6 Å². The molecule has 2 aromatic rings. The van der Waals surface area contributed by atoms with Crippen LogP contribution in [-0.4, -0.2) is 83.2 Å². The Balaban J connectivity index is 1.73. The Labute approximate surface area is 305 Å². The molecule has 1 saturated carbocycles. The zero-order chi connectivity index (χ0) is 39.9. The van der Waals surface area contributed by atoms with Gasteiger partial charge in [-0.2, -0.15) is 13.2 Å². The summed E-state index contributed by atoms with van der Waals surface area (Å²) in [6, 6.07) is 0.752. The number of benzene rings is 1. The monoisotopic (exact) mass is 771 g/mol. The molecule has 0 radical (unpaired) electrons. The van der Waals surface area contributed by atoms with Crippen LogP contribution in [-0.2, 0) is 35.3 Å². The molecular weight excluding hydrogens is 726 g/mol. The van der Waals surface area contributed by atoms with Gasteiger partial charge in [-0.3, -0.25) is 19.1 Å². The molecule has 4 atom stereocenters. The molecule has 53 heavy (non-hydrogen) atoms. The third kappa shape index (κ3) is 10.1. The summed E-state index contributed by atoms with van der Waals surface area (Å²) in [4.78, 5) is 59.4. The number of hydrogen-bond acceptors (Lipinski definition) is 9. The largest absolute Gasteiger partial charge is 0.488 e. The Morgan fingerprint density at radius 1 is 1.06 bits per heavy atom. The van der Waals surface area contributed by atoms with Crippen LogP contribution in [0.25, 0.3) is 10.9 Å². The van der Waals surface area contributed by atoms with Crippen molar-refractivity contribution in [3.8, 4) is 5.75 Å². The first-order valence-electron chi connectivity index (χ1n) is 16.9. The van der Waals surface area contributed by atoms with Crippen LogP contribution in [0.15, 0.2) is 36.9 Å². The molecule has 292 valence electrons. The molecule has 1 saturated heterocycles. The van der Waals surface area contributed by atoms with Crippen LogP contribution in [0.2, 0.25) is 0 Å². The van der Waals surface area contributed by atoms with E-state index in [9.17, 15) is 45.2 Å². The van der Waals surface area contributed by atoms with Crippen molar-refractivity contribution in [1.29, 1.82) is 0 Å². The lowest BCUT2D eigenvalue weighted by Gasteiger charge is -2.36. The number of halogens is 4. The van der Waals surface area contributed by atoms with Gasteiger partial charge in [-0.1, -0.05) is 26.8 Å². The molecule has 0 bridgehead atoms. The fourth-order valence-electron chi connectivity index (χ4n) is 5.75. The normalized spacial score (nSPS) is 19.9. The summed E-state index contributed by atoms with van der Waals surface area (Å²) in [7, 11) is -4.03. The highest BCUT2D eigenvalue weighted by molar-refractivity contribution is 7.91. The Hall–Kier alpha value is -4.48. The molecule has 13 nitrogen and oxygen atoms in total. The number of nitrogens with zero attached hydrogens (tertiary/aromatic N) is 2. The molecule has 4 amide bonds. The predicted molar refractivity (Wildman–Crippen MR) is 185 cm³/mol. The van der Waals surface area contributed by atoms with Gasteiger partial charge >= 0.3 is 12.3 Å². The molecule has 4 rings (SSSR count). The molecule has 1 aromatic carbocycles. The Morgan fingerprint density at radius 3 is 2.25 bits per heavy atom. The van der Waals surface area contributed by atoms with Gasteiger partial charge in [0.25, 0.3) is 5.91 Å². The zero-order valence-electron chi connectivity index (χ0n) is 30.5. The first kappa shape index (κ1) is 41.3. The number of aromatic nitrogens is 1. The van der Waals surface area contributed by atoms with Crippen LogP contribution in [0.1, 0.15) is 79.8 Å². The summed E-state index contributed by atoms with van der Waals surface area (Å²) >= 11 is 0. The maximum Gasteiger partial charge on any atom is 0.433 e. The number of amides is 4. The number of nitrogens with one attached hydrogen (secondary N) is 3. The van der Waals surface area contributed by atoms with Crippen molar-refractivity contribution in [2.24, 2.45) is 5.41 Å². The summed E-state index contributed by atoms with van der Waals surface area (Å²) in [5.41, 5.74) is -5.35. The average Bonchev–Trinajstić information content (AvgIpc) is 3.79. The summed E-state index contributed by atoms with van der Waals surface area (Å²) < 4.78 is 94.5. The lowest BCUT2D eigenvalue weighted by Crippen LogP contribution is -2.62. The number of pyridine rings is 1. The van der Waals surface area contributed by atoms with Gasteiger partial charge in [-0.05, 0) is 70.6 Å². The van der Waals surface area contributed by atoms with Gasteiger partial charge in [0.15, 0.2) is 0 Å². The van der Waals surface area contributed by atoms with Crippen molar-refractivity contribution in [1.82, 2.24) is 25.2 Å². The predicted octanol–water partition coefficient (Wildman–Crippen LogP) is 4.74. The number of carbonyl (C=O) groups is 4. The van der Waals surface area contributed by atoms with Gasteiger partial charge in [-0.15, -0.1) is 6.58 Å². The van der Waals surface area contributed by atoms with Gasteiger partial charge in [-0.25, -0.2) is 22.6 Å². The number of carbonyl (C=O) groups excluding carboxylic acids is 4. The summed E-state index contributed by atoms with van der Waals surface area (Å²) in [5.74, 6) is -3.97. The molecule has 1 aliphatic heterocycles. The van der Waals surface area contributed by atoms with Crippen molar-refractivity contribution in [3.05, 3.63) is 48.4 Å². The second-order valence-corrected chi connectivity index (χ2v) is 17.5. The first-order chi connectivity index (χ1) is 24.2. The molecule has 0 spiro atoms. The van der Waals surface area contributed by atoms with E-state index in [2.05, 4.69) is 22.2 Å². The van der Waals surface area contributed by atoms with Gasteiger partial charge in [0, 0.05) is 17.9 Å². The third-order valence-electron chi connectivity index (χ3n) is 8.59. The number of ether oxygens (including phenoxy) is 2. The second-order valence-electron chi connectivity index (χ2n) is 15.6. The van der Waals surface area contributed by atoms with E-state index in [0.717, 1.165) is 23.1 Å². The van der Waals surface area contributed by atoms with Crippen LogP contribution in [0.3, 0.4) is 0 Å². The molecule has 2 aliphatic rings. The van der Waals surface area contributed by atoms with Crippen molar-refractivity contribution in [2.45, 2.75) is 115 Å². The zero-order valence-corrected chi connectivity index (χ0v) is 31.3. The van der Waals surface area contributed by atoms with Crippen LogP contribution in [0.5, 0.6) is 5.75 Å². The summed E-state index contributed by atoms with van der Waals surface area (Å²) in [6.45, 7) is 14.3. The van der Waals surface area contributed by atoms with E-state index >= 15 is 0 Å². The number of likely N-dealkylation sites (tertiary alicyclic amines) is 1. The standard InChI is InChI=1S/C35H45F4N5O8S/c1-9-14-34(8,30(47)43-53(49,50)21-11-12-21)42-28(45)24-16-20(18-44(24)29(46)27(32(2,3)4)41-31(48)52-33(5,6)7)51-25-17-26(35(37,38)39)40-23-13-10-19(36)15-22(23)25/h9-10,13,15,17,20-21,24,27H,1,11-12,14,16,18H2,2-8H3,(H,41,48)(H,42,45)(H,43,47)/t20-,24+,27-,34-/m1/s1. The highest BCUT2D eigenvalue weighted by Crippen LogP contribution is 2.37. The highest BCUT2D eigenvalue weighted by Gasteiger charge is 2.49.